The SMILES string of the molecule is CCCNC(CSc1ccccc1)c1c(Br)nnn1C. The molecule has 0 radical (unpaired) electrons. The van der Waals surface area contributed by atoms with Gasteiger partial charge in [0.15, 0.2) is 4.60 Å². The van der Waals surface area contributed by atoms with Crippen molar-refractivity contribution in [3.05, 3.63) is 40.6 Å². The number of nitrogens with zero attached hydrogens (tertiary/aromatic N) is 3. The van der Waals surface area contributed by atoms with Gasteiger partial charge in [-0.15, -0.1) is 16.9 Å². The smallest absolute Gasteiger partial charge is 0.153 e. The molecule has 1 atom stereocenters. The molecule has 0 saturated carbocycles. The molecule has 6 heteroatoms. The van der Waals surface area contributed by atoms with E-state index in [-0.39, 0.29) is 6.04 Å². The lowest BCUT2D eigenvalue weighted by Crippen LogP contribution is -2.26. The average molecular weight is 355 g/mol. The largest absolute Gasteiger partial charge is 0.308 e. The number of halogens is 1. The van der Waals surface area contributed by atoms with Crippen LogP contribution in [-0.2, 0) is 7.05 Å². The quantitative estimate of drug-likeness (QED) is 0.773. The Kier molecular flexibility index (Phi) is 6.06. The summed E-state index contributed by atoms with van der Waals surface area (Å²) in [5.41, 5.74) is 1.10. The summed E-state index contributed by atoms with van der Waals surface area (Å²) in [7, 11) is 1.93. The lowest BCUT2D eigenvalue weighted by atomic mass is 10.2. The summed E-state index contributed by atoms with van der Waals surface area (Å²) in [6.45, 7) is 3.16. The molecule has 0 saturated heterocycles. The van der Waals surface area contributed by atoms with Crippen molar-refractivity contribution < 1.29 is 0 Å². The Morgan fingerprint density at radius 1 is 1.35 bits per heavy atom. The molecule has 0 aliphatic rings. The van der Waals surface area contributed by atoms with Gasteiger partial charge in [-0.3, -0.25) is 0 Å². The molecule has 1 aromatic heterocycles. The van der Waals surface area contributed by atoms with Crippen LogP contribution in [-0.4, -0.2) is 27.3 Å². The molecule has 20 heavy (non-hydrogen) atoms. The minimum atomic E-state index is 0.231. The Bertz CT molecular complexity index is 510. The molecular weight excluding hydrogens is 336 g/mol. The molecule has 1 aromatic carbocycles. The van der Waals surface area contributed by atoms with Crippen LogP contribution in [0.1, 0.15) is 25.1 Å². The summed E-state index contributed by atoms with van der Waals surface area (Å²) in [4.78, 5) is 1.28. The second-order valence-electron chi connectivity index (χ2n) is 4.52. The van der Waals surface area contributed by atoms with Crippen molar-refractivity contribution in [3.63, 3.8) is 0 Å². The number of aryl methyl sites for hydroxylation is 1. The van der Waals surface area contributed by atoms with E-state index >= 15 is 0 Å². The highest BCUT2D eigenvalue weighted by atomic mass is 79.9. The van der Waals surface area contributed by atoms with Crippen molar-refractivity contribution in [2.75, 3.05) is 12.3 Å². The Hall–Kier alpha value is -0.850. The zero-order valence-electron chi connectivity index (χ0n) is 11.7. The number of hydrogen-bond donors (Lipinski definition) is 1. The van der Waals surface area contributed by atoms with Crippen LogP contribution in [0, 0.1) is 0 Å². The summed E-state index contributed by atoms with van der Waals surface area (Å²) < 4.78 is 2.66. The van der Waals surface area contributed by atoms with Gasteiger partial charge in [0, 0.05) is 17.7 Å². The minimum absolute atomic E-state index is 0.231. The van der Waals surface area contributed by atoms with E-state index < -0.39 is 0 Å². The van der Waals surface area contributed by atoms with Crippen LogP contribution in [0.5, 0.6) is 0 Å². The standard InChI is InChI=1S/C14H19BrN4S/c1-3-9-16-12(13-14(15)17-18-19(13)2)10-20-11-7-5-4-6-8-11/h4-8,12,16H,3,9-10H2,1-2H3. The maximum absolute atomic E-state index is 4.08. The van der Waals surface area contributed by atoms with Crippen LogP contribution in [0.15, 0.2) is 39.8 Å². The monoisotopic (exact) mass is 354 g/mol. The molecule has 1 unspecified atom stereocenters. The average Bonchev–Trinajstić information content (AvgIpc) is 2.80. The summed E-state index contributed by atoms with van der Waals surface area (Å²) >= 11 is 5.33. The molecule has 0 bridgehead atoms. The molecule has 2 aromatic rings. The molecule has 0 amide bonds. The third-order valence-electron chi connectivity index (χ3n) is 2.96. The summed E-state index contributed by atoms with van der Waals surface area (Å²) in [5, 5.41) is 11.7. The zero-order chi connectivity index (χ0) is 14.4. The summed E-state index contributed by atoms with van der Waals surface area (Å²) in [5.74, 6) is 0.948. The van der Waals surface area contributed by atoms with Crippen LogP contribution in [0.2, 0.25) is 0 Å². The van der Waals surface area contributed by atoms with E-state index in [1.807, 2.05) is 29.6 Å². The van der Waals surface area contributed by atoms with Crippen LogP contribution >= 0.6 is 27.7 Å². The van der Waals surface area contributed by atoms with Crippen LogP contribution in [0.25, 0.3) is 0 Å². The summed E-state index contributed by atoms with van der Waals surface area (Å²) in [6, 6.07) is 10.7. The molecule has 1 N–H and O–H groups in total. The number of thioether (sulfide) groups is 1. The molecule has 0 aliphatic heterocycles. The van der Waals surface area contributed by atoms with Gasteiger partial charge < -0.3 is 5.32 Å². The zero-order valence-corrected chi connectivity index (χ0v) is 14.1. The van der Waals surface area contributed by atoms with Gasteiger partial charge in [-0.2, -0.15) is 0 Å². The van der Waals surface area contributed by atoms with Crippen LogP contribution < -0.4 is 5.32 Å². The normalized spacial score (nSPS) is 12.6. The molecule has 108 valence electrons. The van der Waals surface area contributed by atoms with Gasteiger partial charge in [-0.25, -0.2) is 4.68 Å². The van der Waals surface area contributed by atoms with Crippen molar-refractivity contribution in [2.24, 2.45) is 7.05 Å². The van der Waals surface area contributed by atoms with E-state index in [0.29, 0.717) is 0 Å². The fraction of sp³-hybridized carbons (Fsp3) is 0.429. The van der Waals surface area contributed by atoms with Crippen molar-refractivity contribution in [2.45, 2.75) is 24.3 Å². The number of rotatable bonds is 7. The fourth-order valence-electron chi connectivity index (χ4n) is 1.96. The molecule has 0 fully saturated rings. The van der Waals surface area contributed by atoms with E-state index in [1.165, 1.54) is 4.90 Å². The molecule has 2 rings (SSSR count). The Labute approximate surface area is 132 Å². The molecule has 0 aliphatic carbocycles. The van der Waals surface area contributed by atoms with E-state index in [2.05, 4.69) is 62.7 Å². The minimum Gasteiger partial charge on any atom is -0.308 e. The first kappa shape index (κ1) is 15.5. The van der Waals surface area contributed by atoms with E-state index in [9.17, 15) is 0 Å². The fourth-order valence-corrected chi connectivity index (χ4v) is 3.55. The summed E-state index contributed by atoms with van der Waals surface area (Å²) in [6.07, 6.45) is 1.11. The molecule has 4 nitrogen and oxygen atoms in total. The van der Waals surface area contributed by atoms with Crippen molar-refractivity contribution >= 4 is 27.7 Å². The molecule has 1 heterocycles. The molecular formula is C14H19BrN4S. The lowest BCUT2D eigenvalue weighted by Gasteiger charge is -2.18. The van der Waals surface area contributed by atoms with E-state index in [1.54, 1.807) is 0 Å². The van der Waals surface area contributed by atoms with Crippen molar-refractivity contribution in [1.82, 2.24) is 20.3 Å². The van der Waals surface area contributed by atoms with Gasteiger partial charge >= 0.3 is 0 Å². The third-order valence-corrected chi connectivity index (χ3v) is 4.63. The Morgan fingerprint density at radius 3 is 2.70 bits per heavy atom. The van der Waals surface area contributed by atoms with Gasteiger partial charge in [-0.05, 0) is 41.0 Å². The first-order valence-corrected chi connectivity index (χ1v) is 8.46. The first-order chi connectivity index (χ1) is 9.72. The van der Waals surface area contributed by atoms with Gasteiger partial charge in [0.25, 0.3) is 0 Å². The second kappa shape index (κ2) is 7.81. The van der Waals surface area contributed by atoms with E-state index in [4.69, 9.17) is 0 Å². The first-order valence-electron chi connectivity index (χ1n) is 6.68. The number of aromatic nitrogens is 3. The van der Waals surface area contributed by atoms with Gasteiger partial charge in [0.1, 0.15) is 0 Å². The van der Waals surface area contributed by atoms with Crippen molar-refractivity contribution in [3.8, 4) is 0 Å². The number of benzene rings is 1. The third kappa shape index (κ3) is 4.07. The van der Waals surface area contributed by atoms with Gasteiger partial charge in [-0.1, -0.05) is 30.3 Å². The Balaban J connectivity index is 2.08. The lowest BCUT2D eigenvalue weighted by molar-refractivity contribution is 0.531. The predicted octanol–water partition coefficient (Wildman–Crippen LogP) is 3.41. The predicted molar refractivity (Wildman–Crippen MR) is 86.9 cm³/mol. The number of nitrogens with one attached hydrogen (secondary N) is 1. The van der Waals surface area contributed by atoms with Crippen LogP contribution in [0.4, 0.5) is 0 Å². The highest BCUT2D eigenvalue weighted by molar-refractivity contribution is 9.10. The second-order valence-corrected chi connectivity index (χ2v) is 6.36. The van der Waals surface area contributed by atoms with Crippen molar-refractivity contribution in [1.29, 1.82) is 0 Å². The highest BCUT2D eigenvalue weighted by Gasteiger charge is 2.19. The maximum atomic E-state index is 4.08. The maximum Gasteiger partial charge on any atom is 0.153 e. The Morgan fingerprint density at radius 2 is 2.10 bits per heavy atom. The highest BCUT2D eigenvalue weighted by Crippen LogP contribution is 2.27. The number of hydrogen-bond acceptors (Lipinski definition) is 4. The topological polar surface area (TPSA) is 42.7 Å². The molecule has 0 spiro atoms. The van der Waals surface area contributed by atoms with E-state index in [0.717, 1.165) is 29.0 Å². The van der Waals surface area contributed by atoms with Gasteiger partial charge in [0.2, 0.25) is 0 Å². The van der Waals surface area contributed by atoms with Gasteiger partial charge in [0.05, 0.1) is 11.7 Å². The van der Waals surface area contributed by atoms with Crippen LogP contribution in [0.3, 0.4) is 0 Å².